The van der Waals surface area contributed by atoms with E-state index in [9.17, 15) is 4.79 Å². The predicted octanol–water partition coefficient (Wildman–Crippen LogP) is 2.98. The number of nitrogens with one attached hydrogen (secondary N) is 1. The average molecular weight is 341 g/mol. The van der Waals surface area contributed by atoms with E-state index in [4.69, 9.17) is 0 Å². The molecular formula is C12H15N5OS3. The zero-order valence-corrected chi connectivity index (χ0v) is 14.4. The number of nitrogens with zero attached hydrogens (tertiary/aromatic N) is 4. The highest BCUT2D eigenvalue weighted by Gasteiger charge is 2.15. The Balaban J connectivity index is 2.15. The molecule has 0 saturated carbocycles. The maximum Gasteiger partial charge on any atom is 0.260 e. The van der Waals surface area contributed by atoms with E-state index in [2.05, 4.69) is 25.5 Å². The molecule has 2 aromatic rings. The summed E-state index contributed by atoms with van der Waals surface area (Å²) in [7, 11) is 0. The van der Waals surface area contributed by atoms with Crippen LogP contribution in [0.5, 0.6) is 0 Å². The Kier molecular flexibility index (Phi) is 5.95. The first-order chi connectivity index (χ1) is 10.2. The Morgan fingerprint density at radius 3 is 2.86 bits per heavy atom. The summed E-state index contributed by atoms with van der Waals surface area (Å²) >= 11 is 4.42. The first-order valence-electron chi connectivity index (χ1n) is 6.35. The molecule has 0 atom stereocenters. The molecule has 9 heteroatoms. The first kappa shape index (κ1) is 16.2. The molecule has 1 N–H and O–H groups in total. The Bertz CT molecular complexity index is 631. The van der Waals surface area contributed by atoms with Crippen LogP contribution in [0, 0.1) is 0 Å². The van der Waals surface area contributed by atoms with Crippen LogP contribution in [0.1, 0.15) is 29.9 Å². The minimum atomic E-state index is -0.247. The lowest BCUT2D eigenvalue weighted by Crippen LogP contribution is -2.16. The second kappa shape index (κ2) is 7.71. The van der Waals surface area contributed by atoms with E-state index in [-0.39, 0.29) is 5.91 Å². The Labute approximate surface area is 135 Å². The van der Waals surface area contributed by atoms with Crippen molar-refractivity contribution in [2.24, 2.45) is 0 Å². The lowest BCUT2D eigenvalue weighted by Gasteiger charge is -2.06. The van der Waals surface area contributed by atoms with Crippen LogP contribution in [0.25, 0.3) is 0 Å². The summed E-state index contributed by atoms with van der Waals surface area (Å²) in [5.74, 6) is 0.677. The lowest BCUT2D eigenvalue weighted by atomic mass is 10.2. The van der Waals surface area contributed by atoms with Crippen LogP contribution in [0.3, 0.4) is 0 Å². The molecule has 0 radical (unpaired) electrons. The Morgan fingerprint density at radius 2 is 2.19 bits per heavy atom. The molecule has 6 nitrogen and oxygen atoms in total. The molecule has 112 valence electrons. The Hall–Kier alpha value is -1.19. The molecule has 0 unspecified atom stereocenters. The van der Waals surface area contributed by atoms with Crippen molar-refractivity contribution in [3.8, 4) is 0 Å². The summed E-state index contributed by atoms with van der Waals surface area (Å²) in [4.78, 5) is 20.8. The van der Waals surface area contributed by atoms with Crippen molar-refractivity contribution in [2.45, 2.75) is 29.8 Å². The van der Waals surface area contributed by atoms with Crippen LogP contribution in [0.2, 0.25) is 0 Å². The van der Waals surface area contributed by atoms with E-state index in [0.29, 0.717) is 22.3 Å². The van der Waals surface area contributed by atoms with E-state index in [1.54, 1.807) is 18.0 Å². The highest BCUT2D eigenvalue weighted by atomic mass is 32.2. The third kappa shape index (κ3) is 4.14. The van der Waals surface area contributed by atoms with Gasteiger partial charge in [0.25, 0.3) is 5.91 Å². The van der Waals surface area contributed by atoms with Gasteiger partial charge in [-0.05, 0) is 18.4 Å². The zero-order valence-electron chi connectivity index (χ0n) is 11.9. The average Bonchev–Trinajstić information content (AvgIpc) is 2.94. The number of aromatic nitrogens is 4. The fourth-order valence-corrected chi connectivity index (χ4v) is 3.57. The van der Waals surface area contributed by atoms with E-state index in [1.165, 1.54) is 23.1 Å². The highest BCUT2D eigenvalue weighted by molar-refractivity contribution is 8.01. The number of carbonyl (C=O) groups excluding carboxylic acids is 1. The van der Waals surface area contributed by atoms with Crippen molar-refractivity contribution in [3.63, 3.8) is 0 Å². The number of rotatable bonds is 6. The number of aryl methyl sites for hydroxylation is 1. The van der Waals surface area contributed by atoms with Crippen molar-refractivity contribution >= 4 is 45.9 Å². The standard InChI is InChI=1S/C12H15N5OS3/c1-4-8-7(6-13-10(14-8)19-3)9(18)15-11-16-17-12(21-11)20-5-2/h6H,4-5H2,1-3H3,(H,15,16,18). The summed E-state index contributed by atoms with van der Waals surface area (Å²) < 4.78 is 0.845. The molecule has 2 heterocycles. The number of carbonyl (C=O) groups is 1. The molecule has 21 heavy (non-hydrogen) atoms. The van der Waals surface area contributed by atoms with Gasteiger partial charge in [-0.25, -0.2) is 9.97 Å². The van der Waals surface area contributed by atoms with Crippen LogP contribution in [-0.4, -0.2) is 38.1 Å². The van der Waals surface area contributed by atoms with E-state index in [0.717, 1.165) is 15.8 Å². The molecule has 0 spiro atoms. The largest absolute Gasteiger partial charge is 0.296 e. The van der Waals surface area contributed by atoms with Crippen molar-refractivity contribution in [2.75, 3.05) is 17.3 Å². The monoisotopic (exact) mass is 341 g/mol. The third-order valence-corrected chi connectivity index (χ3v) is 4.92. The molecule has 0 saturated heterocycles. The SMILES string of the molecule is CCSc1nnc(NC(=O)c2cnc(SC)nc2CC)s1. The number of amides is 1. The molecule has 0 bridgehead atoms. The summed E-state index contributed by atoms with van der Waals surface area (Å²) in [6.45, 7) is 4.01. The van der Waals surface area contributed by atoms with Gasteiger partial charge >= 0.3 is 0 Å². The van der Waals surface area contributed by atoms with Gasteiger partial charge < -0.3 is 0 Å². The van der Waals surface area contributed by atoms with Crippen molar-refractivity contribution in [1.82, 2.24) is 20.2 Å². The highest BCUT2D eigenvalue weighted by Crippen LogP contribution is 2.25. The molecule has 1 amide bonds. The van der Waals surface area contributed by atoms with Crippen molar-refractivity contribution in [3.05, 3.63) is 17.5 Å². The lowest BCUT2D eigenvalue weighted by molar-refractivity contribution is 0.102. The van der Waals surface area contributed by atoms with E-state index < -0.39 is 0 Å². The normalized spacial score (nSPS) is 10.6. The zero-order chi connectivity index (χ0) is 15.2. The van der Waals surface area contributed by atoms with Gasteiger partial charge in [0.2, 0.25) is 5.13 Å². The molecule has 0 aromatic carbocycles. The van der Waals surface area contributed by atoms with Gasteiger partial charge in [0.05, 0.1) is 11.3 Å². The predicted molar refractivity (Wildman–Crippen MR) is 87.5 cm³/mol. The maximum atomic E-state index is 12.3. The maximum absolute atomic E-state index is 12.3. The second-order valence-corrected chi connectivity index (χ2v) is 7.09. The molecule has 2 rings (SSSR count). The van der Waals surface area contributed by atoms with Crippen LogP contribution >= 0.6 is 34.9 Å². The number of thioether (sulfide) groups is 2. The second-order valence-electron chi connectivity index (χ2n) is 3.83. The molecule has 0 aliphatic rings. The van der Waals surface area contributed by atoms with Gasteiger partial charge in [0.1, 0.15) is 0 Å². The molecule has 0 aliphatic heterocycles. The molecule has 0 aliphatic carbocycles. The van der Waals surface area contributed by atoms with Gasteiger partial charge in [0, 0.05) is 6.20 Å². The van der Waals surface area contributed by atoms with E-state index in [1.807, 2.05) is 20.1 Å². The van der Waals surface area contributed by atoms with Crippen molar-refractivity contribution in [1.29, 1.82) is 0 Å². The fraction of sp³-hybridized carbons (Fsp3) is 0.417. The minimum absolute atomic E-state index is 0.247. The summed E-state index contributed by atoms with van der Waals surface area (Å²) in [6, 6.07) is 0. The number of hydrogen-bond acceptors (Lipinski definition) is 8. The van der Waals surface area contributed by atoms with Gasteiger partial charge in [-0.1, -0.05) is 48.7 Å². The topological polar surface area (TPSA) is 80.7 Å². The van der Waals surface area contributed by atoms with Gasteiger partial charge in [-0.2, -0.15) is 0 Å². The third-order valence-electron chi connectivity index (χ3n) is 2.50. The van der Waals surface area contributed by atoms with Gasteiger partial charge in [-0.3, -0.25) is 10.1 Å². The van der Waals surface area contributed by atoms with Gasteiger partial charge in [0.15, 0.2) is 9.50 Å². The molecule has 2 aromatic heterocycles. The van der Waals surface area contributed by atoms with E-state index >= 15 is 0 Å². The smallest absolute Gasteiger partial charge is 0.260 e. The summed E-state index contributed by atoms with van der Waals surface area (Å²) in [6.07, 6.45) is 4.14. The van der Waals surface area contributed by atoms with Crippen LogP contribution in [-0.2, 0) is 6.42 Å². The van der Waals surface area contributed by atoms with Crippen LogP contribution in [0.15, 0.2) is 15.7 Å². The first-order valence-corrected chi connectivity index (χ1v) is 9.38. The Morgan fingerprint density at radius 1 is 1.38 bits per heavy atom. The fourth-order valence-electron chi connectivity index (χ4n) is 1.56. The van der Waals surface area contributed by atoms with Crippen molar-refractivity contribution < 1.29 is 4.79 Å². The molecular weight excluding hydrogens is 326 g/mol. The van der Waals surface area contributed by atoms with Gasteiger partial charge in [-0.15, -0.1) is 10.2 Å². The number of anilines is 1. The molecule has 0 fully saturated rings. The summed E-state index contributed by atoms with van der Waals surface area (Å²) in [5, 5.41) is 11.9. The van der Waals surface area contributed by atoms with Crippen LogP contribution in [0.4, 0.5) is 5.13 Å². The quantitative estimate of drug-likeness (QED) is 0.491. The summed E-state index contributed by atoms with van der Waals surface area (Å²) in [5.41, 5.74) is 1.22. The van der Waals surface area contributed by atoms with Crippen LogP contribution < -0.4 is 5.32 Å². The minimum Gasteiger partial charge on any atom is -0.296 e. The number of hydrogen-bond donors (Lipinski definition) is 1.